The lowest BCUT2D eigenvalue weighted by Gasteiger charge is -2.11. The van der Waals surface area contributed by atoms with Gasteiger partial charge in [-0.3, -0.25) is 14.8 Å². The van der Waals surface area contributed by atoms with Crippen LogP contribution in [0.1, 0.15) is 37.9 Å². The molecule has 0 aromatic heterocycles. The van der Waals surface area contributed by atoms with Gasteiger partial charge in [-0.2, -0.15) is 0 Å². The van der Waals surface area contributed by atoms with Crippen molar-refractivity contribution in [2.24, 2.45) is 0 Å². The van der Waals surface area contributed by atoms with Gasteiger partial charge >= 0.3 is 0 Å². The van der Waals surface area contributed by atoms with E-state index in [9.17, 15) is 19.9 Å². The second-order valence-electron chi connectivity index (χ2n) is 4.54. The zero-order chi connectivity index (χ0) is 14.3. The first-order chi connectivity index (χ1) is 9.59. The molecule has 2 N–H and O–H groups in total. The highest BCUT2D eigenvalue weighted by atomic mass is 16.5. The fourth-order valence-electron chi connectivity index (χ4n) is 2.24. The van der Waals surface area contributed by atoms with Crippen molar-refractivity contribution in [3.8, 4) is 0 Å². The first kappa shape index (κ1) is 12.5. The molecule has 0 spiro atoms. The Morgan fingerprint density at radius 1 is 0.850 bits per heavy atom. The number of carbonyl (C=O) groups is 2. The Bertz CT molecular complexity index is 696. The molecule has 2 aromatic carbocycles. The van der Waals surface area contributed by atoms with E-state index in [0.29, 0.717) is 11.1 Å². The molecule has 1 atom stereocenters. The molecule has 0 radical (unpaired) electrons. The van der Waals surface area contributed by atoms with E-state index in [1.165, 1.54) is 12.1 Å². The van der Waals surface area contributed by atoms with E-state index in [4.69, 9.17) is 0 Å². The Morgan fingerprint density at radius 2 is 1.50 bits per heavy atom. The number of rotatable bonds is 2. The van der Waals surface area contributed by atoms with E-state index in [1.54, 1.807) is 30.3 Å². The molecule has 1 aliphatic heterocycles. The van der Waals surface area contributed by atoms with Crippen molar-refractivity contribution in [2.75, 3.05) is 0 Å². The highest BCUT2D eigenvalue weighted by Crippen LogP contribution is 2.28. The van der Waals surface area contributed by atoms with E-state index >= 15 is 0 Å². The normalized spacial score (nSPS) is 15.4. The summed E-state index contributed by atoms with van der Waals surface area (Å²) in [4.78, 5) is 23.2. The van der Waals surface area contributed by atoms with Gasteiger partial charge in [-0.1, -0.05) is 36.4 Å². The van der Waals surface area contributed by atoms with Gasteiger partial charge in [-0.05, 0) is 23.3 Å². The van der Waals surface area contributed by atoms with Crippen LogP contribution in [0.2, 0.25) is 0 Å². The Kier molecular flexibility index (Phi) is 2.85. The van der Waals surface area contributed by atoms with E-state index in [0.717, 1.165) is 0 Å². The largest absolute Gasteiger partial charge is 0.384 e. The van der Waals surface area contributed by atoms with Crippen LogP contribution in [0, 0.1) is 0 Å². The Balaban J connectivity index is 2.03. The molecule has 0 saturated heterocycles. The predicted molar refractivity (Wildman–Crippen MR) is 69.2 cm³/mol. The third-order valence-corrected chi connectivity index (χ3v) is 3.32. The predicted octanol–water partition coefficient (Wildman–Crippen LogP) is 1.75. The number of hydrogen-bond acceptors (Lipinski definition) is 4. The van der Waals surface area contributed by atoms with Gasteiger partial charge in [-0.25, -0.2) is 0 Å². The molecule has 2 aromatic rings. The molecular formula is C15H11NO4. The molecule has 0 aliphatic carbocycles. The van der Waals surface area contributed by atoms with Crippen LogP contribution in [0.25, 0.3) is 0 Å². The van der Waals surface area contributed by atoms with Crippen molar-refractivity contribution in [3.05, 3.63) is 70.8 Å². The summed E-state index contributed by atoms with van der Waals surface area (Å²) >= 11 is 0. The van der Waals surface area contributed by atoms with Gasteiger partial charge in [-0.15, -0.1) is 5.06 Å². The smallest absolute Gasteiger partial charge is 0.285 e. The van der Waals surface area contributed by atoms with Crippen molar-refractivity contribution in [1.82, 2.24) is 5.06 Å². The molecule has 1 aliphatic rings. The van der Waals surface area contributed by atoms with Crippen LogP contribution in [-0.4, -0.2) is 27.2 Å². The first-order valence-corrected chi connectivity index (χ1v) is 6.04. The van der Waals surface area contributed by atoms with Gasteiger partial charge in [0.15, 0.2) is 0 Å². The van der Waals surface area contributed by atoms with Crippen molar-refractivity contribution >= 4 is 11.8 Å². The Hall–Kier alpha value is -2.50. The number of aliphatic hydroxyl groups is 1. The summed E-state index contributed by atoms with van der Waals surface area (Å²) < 4.78 is 0. The highest BCUT2D eigenvalue weighted by molar-refractivity contribution is 6.20. The van der Waals surface area contributed by atoms with Crippen LogP contribution in [0.3, 0.4) is 0 Å². The van der Waals surface area contributed by atoms with Crippen molar-refractivity contribution in [1.29, 1.82) is 0 Å². The number of hydroxylamine groups is 2. The molecule has 1 heterocycles. The second-order valence-corrected chi connectivity index (χ2v) is 4.54. The second kappa shape index (κ2) is 4.56. The van der Waals surface area contributed by atoms with Gasteiger partial charge in [0.05, 0.1) is 11.1 Å². The average molecular weight is 269 g/mol. The summed E-state index contributed by atoms with van der Waals surface area (Å²) in [5, 5.41) is 19.7. The fraction of sp³-hybridized carbons (Fsp3) is 0.0667. The third-order valence-electron chi connectivity index (χ3n) is 3.32. The lowest BCUT2D eigenvalue weighted by molar-refractivity contribution is -0.0327. The molecule has 100 valence electrons. The van der Waals surface area contributed by atoms with Gasteiger partial charge in [0, 0.05) is 0 Å². The van der Waals surface area contributed by atoms with Crippen LogP contribution in [0.4, 0.5) is 0 Å². The van der Waals surface area contributed by atoms with Crippen molar-refractivity contribution < 1.29 is 19.9 Å². The number of hydrogen-bond donors (Lipinski definition) is 2. The number of fused-ring (bicyclic) bond motifs is 1. The highest BCUT2D eigenvalue weighted by Gasteiger charge is 2.35. The molecule has 1 unspecified atom stereocenters. The van der Waals surface area contributed by atoms with Gasteiger partial charge < -0.3 is 5.11 Å². The monoisotopic (exact) mass is 269 g/mol. The summed E-state index contributed by atoms with van der Waals surface area (Å²) in [6.45, 7) is 0. The lowest BCUT2D eigenvalue weighted by atomic mass is 9.98. The number of carbonyl (C=O) groups excluding carboxylic acids is 2. The minimum atomic E-state index is -0.892. The molecule has 0 fully saturated rings. The van der Waals surface area contributed by atoms with Crippen LogP contribution >= 0.6 is 0 Å². The van der Waals surface area contributed by atoms with E-state index in [-0.39, 0.29) is 16.2 Å². The zero-order valence-corrected chi connectivity index (χ0v) is 10.4. The van der Waals surface area contributed by atoms with Gasteiger partial charge in [0.2, 0.25) is 0 Å². The molecule has 0 saturated carbocycles. The van der Waals surface area contributed by atoms with E-state index in [2.05, 4.69) is 0 Å². The van der Waals surface area contributed by atoms with Crippen molar-refractivity contribution in [3.63, 3.8) is 0 Å². The summed E-state index contributed by atoms with van der Waals surface area (Å²) in [7, 11) is 0. The number of amides is 2. The molecule has 3 rings (SSSR count). The summed E-state index contributed by atoms with van der Waals surface area (Å²) in [5.41, 5.74) is 1.42. The molecule has 20 heavy (non-hydrogen) atoms. The topological polar surface area (TPSA) is 77.8 Å². The van der Waals surface area contributed by atoms with Crippen LogP contribution in [0.15, 0.2) is 48.5 Å². The maximum Gasteiger partial charge on any atom is 0.285 e. The Labute approximate surface area is 114 Å². The van der Waals surface area contributed by atoms with Gasteiger partial charge in [0.25, 0.3) is 11.8 Å². The van der Waals surface area contributed by atoms with Crippen LogP contribution < -0.4 is 0 Å². The quantitative estimate of drug-likeness (QED) is 0.643. The summed E-state index contributed by atoms with van der Waals surface area (Å²) in [6.07, 6.45) is -0.892. The van der Waals surface area contributed by atoms with Crippen LogP contribution in [-0.2, 0) is 0 Å². The maximum absolute atomic E-state index is 11.7. The fourth-order valence-corrected chi connectivity index (χ4v) is 2.24. The van der Waals surface area contributed by atoms with Crippen molar-refractivity contribution in [2.45, 2.75) is 6.10 Å². The zero-order valence-electron chi connectivity index (χ0n) is 10.4. The van der Waals surface area contributed by atoms with E-state index < -0.39 is 17.9 Å². The molecular weight excluding hydrogens is 258 g/mol. The number of aliphatic hydroxyl groups excluding tert-OH is 1. The molecule has 5 heteroatoms. The standard InChI is InChI=1S/C15H11NO4/c17-13(9-4-2-1-3-5-9)10-6-7-11-12(8-10)15(19)16(20)14(11)18/h1-8,13,17,20H. The molecule has 5 nitrogen and oxygen atoms in total. The minimum Gasteiger partial charge on any atom is -0.384 e. The molecule has 0 bridgehead atoms. The van der Waals surface area contributed by atoms with E-state index in [1.807, 2.05) is 6.07 Å². The third kappa shape index (κ3) is 1.80. The minimum absolute atomic E-state index is 0.0867. The summed E-state index contributed by atoms with van der Waals surface area (Å²) in [6, 6.07) is 13.4. The molecule has 2 amide bonds. The average Bonchev–Trinajstić information content (AvgIpc) is 2.72. The number of imide groups is 1. The number of nitrogens with zero attached hydrogens (tertiary/aromatic N) is 1. The number of benzene rings is 2. The summed E-state index contributed by atoms with van der Waals surface area (Å²) in [5.74, 6) is -1.52. The maximum atomic E-state index is 11.7. The van der Waals surface area contributed by atoms with Gasteiger partial charge in [0.1, 0.15) is 6.10 Å². The van der Waals surface area contributed by atoms with Crippen LogP contribution in [0.5, 0.6) is 0 Å². The first-order valence-electron chi connectivity index (χ1n) is 6.04. The lowest BCUT2D eigenvalue weighted by Crippen LogP contribution is -2.25. The SMILES string of the molecule is O=C1c2ccc(C(O)c3ccccc3)cc2C(=O)N1O. The Morgan fingerprint density at radius 3 is 2.20 bits per heavy atom.